The first-order valence-electron chi connectivity index (χ1n) is 6.58. The highest BCUT2D eigenvalue weighted by molar-refractivity contribution is 5.35. The molecule has 1 N–H and O–H groups in total. The molecule has 0 aliphatic heterocycles. The molecule has 4 unspecified atom stereocenters. The van der Waals surface area contributed by atoms with Crippen LogP contribution in [-0.4, -0.2) is 11.2 Å². The van der Waals surface area contributed by atoms with E-state index in [1.165, 1.54) is 30.4 Å². The van der Waals surface area contributed by atoms with E-state index < -0.39 is 0 Å². The molecule has 16 heavy (non-hydrogen) atoms. The number of benzene rings is 1. The van der Waals surface area contributed by atoms with Gasteiger partial charge in [-0.3, -0.25) is 0 Å². The second kappa shape index (κ2) is 3.89. The molecule has 86 valence electrons. The number of aliphatic hydroxyl groups excluding tert-OH is 1. The van der Waals surface area contributed by atoms with Crippen LogP contribution in [0.15, 0.2) is 24.3 Å². The van der Waals surface area contributed by atoms with E-state index in [1.807, 2.05) is 0 Å². The number of fused-ring (bicyclic) bond motifs is 3. The molecule has 1 aromatic carbocycles. The normalized spacial score (nSPS) is 36.9. The van der Waals surface area contributed by atoms with Crippen LogP contribution >= 0.6 is 0 Å². The molecule has 0 bridgehead atoms. The van der Waals surface area contributed by atoms with Crippen LogP contribution in [0.4, 0.5) is 0 Å². The molecule has 0 radical (unpaired) electrons. The molecule has 0 spiro atoms. The molecule has 0 amide bonds. The zero-order chi connectivity index (χ0) is 11.1. The maximum absolute atomic E-state index is 10.2. The van der Waals surface area contributed by atoms with Crippen molar-refractivity contribution in [3.05, 3.63) is 35.4 Å². The third-order valence-corrected chi connectivity index (χ3v) is 4.67. The number of hydrogen-bond acceptors (Lipinski definition) is 1. The monoisotopic (exact) mass is 216 g/mol. The summed E-state index contributed by atoms with van der Waals surface area (Å²) in [5, 5.41) is 10.2. The second-order valence-corrected chi connectivity index (χ2v) is 5.34. The Labute approximate surface area is 97.5 Å². The van der Waals surface area contributed by atoms with E-state index in [2.05, 4.69) is 31.2 Å². The van der Waals surface area contributed by atoms with Crippen LogP contribution in [0, 0.1) is 11.8 Å². The summed E-state index contributed by atoms with van der Waals surface area (Å²) in [6.07, 6.45) is 4.72. The molecule has 1 nitrogen and oxygen atoms in total. The predicted molar refractivity (Wildman–Crippen MR) is 65.4 cm³/mol. The van der Waals surface area contributed by atoms with Gasteiger partial charge in [-0.25, -0.2) is 0 Å². The Morgan fingerprint density at radius 2 is 2.12 bits per heavy atom. The van der Waals surface area contributed by atoms with E-state index in [1.54, 1.807) is 0 Å². The molecule has 1 heteroatoms. The first kappa shape index (κ1) is 10.3. The van der Waals surface area contributed by atoms with Gasteiger partial charge in [-0.15, -0.1) is 0 Å². The highest BCUT2D eigenvalue weighted by Gasteiger charge is 2.49. The van der Waals surface area contributed by atoms with Gasteiger partial charge in [-0.05, 0) is 48.1 Å². The van der Waals surface area contributed by atoms with Crippen LogP contribution in [0.2, 0.25) is 0 Å². The molecule has 0 aromatic heterocycles. The fourth-order valence-corrected chi connectivity index (χ4v) is 3.84. The Kier molecular flexibility index (Phi) is 2.51. The lowest BCUT2D eigenvalue weighted by Crippen LogP contribution is -2.48. The molecule has 3 rings (SSSR count). The van der Waals surface area contributed by atoms with Crippen molar-refractivity contribution in [1.29, 1.82) is 0 Å². The number of aliphatic hydroxyl groups is 1. The lowest BCUT2D eigenvalue weighted by atomic mass is 9.58. The molecule has 1 saturated carbocycles. The van der Waals surface area contributed by atoms with Crippen molar-refractivity contribution in [3.8, 4) is 0 Å². The van der Waals surface area contributed by atoms with Crippen molar-refractivity contribution in [2.24, 2.45) is 11.8 Å². The van der Waals surface area contributed by atoms with Crippen LogP contribution in [-0.2, 0) is 6.42 Å². The highest BCUT2D eigenvalue weighted by Crippen LogP contribution is 2.53. The fraction of sp³-hybridized carbons (Fsp3) is 0.600. The minimum atomic E-state index is -0.0406. The Hall–Kier alpha value is -0.820. The van der Waals surface area contributed by atoms with Gasteiger partial charge in [-0.1, -0.05) is 37.6 Å². The van der Waals surface area contributed by atoms with Gasteiger partial charge >= 0.3 is 0 Å². The van der Waals surface area contributed by atoms with Gasteiger partial charge < -0.3 is 5.11 Å². The van der Waals surface area contributed by atoms with E-state index in [-0.39, 0.29) is 6.10 Å². The molecule has 1 fully saturated rings. The minimum absolute atomic E-state index is 0.0406. The van der Waals surface area contributed by atoms with Gasteiger partial charge in [0.25, 0.3) is 0 Å². The number of hydrogen-bond donors (Lipinski definition) is 1. The van der Waals surface area contributed by atoms with Gasteiger partial charge in [0.15, 0.2) is 0 Å². The molecule has 1 aromatic rings. The van der Waals surface area contributed by atoms with Crippen LogP contribution < -0.4 is 0 Å². The standard InChI is InChI=1S/C15H20O/c1-2-11-14-12-8-4-3-6-10(12)7-5-9-13(14)15(11)16/h3-4,6,8,11,13-16H,2,5,7,9H2,1H3. The van der Waals surface area contributed by atoms with Crippen LogP contribution in [0.1, 0.15) is 43.2 Å². The molecular formula is C15H20O. The quantitative estimate of drug-likeness (QED) is 0.764. The number of rotatable bonds is 1. The molecular weight excluding hydrogens is 196 g/mol. The second-order valence-electron chi connectivity index (χ2n) is 5.34. The third kappa shape index (κ3) is 1.34. The summed E-state index contributed by atoms with van der Waals surface area (Å²) in [7, 11) is 0. The van der Waals surface area contributed by atoms with Gasteiger partial charge in [0.1, 0.15) is 0 Å². The number of aryl methyl sites for hydroxylation is 1. The minimum Gasteiger partial charge on any atom is -0.393 e. The van der Waals surface area contributed by atoms with E-state index in [9.17, 15) is 5.11 Å². The summed E-state index contributed by atoms with van der Waals surface area (Å²) in [6, 6.07) is 8.86. The molecule has 0 saturated heterocycles. The summed E-state index contributed by atoms with van der Waals surface area (Å²) in [5.41, 5.74) is 3.06. The first-order chi connectivity index (χ1) is 7.83. The third-order valence-electron chi connectivity index (χ3n) is 4.67. The van der Waals surface area contributed by atoms with Crippen molar-refractivity contribution < 1.29 is 5.11 Å². The largest absolute Gasteiger partial charge is 0.393 e. The van der Waals surface area contributed by atoms with E-state index >= 15 is 0 Å². The van der Waals surface area contributed by atoms with Crippen LogP contribution in [0.5, 0.6) is 0 Å². The summed E-state index contributed by atoms with van der Waals surface area (Å²) < 4.78 is 0. The summed E-state index contributed by atoms with van der Waals surface area (Å²) in [5.74, 6) is 1.68. The van der Waals surface area contributed by atoms with Crippen molar-refractivity contribution in [2.75, 3.05) is 0 Å². The van der Waals surface area contributed by atoms with Gasteiger partial charge in [0.2, 0.25) is 0 Å². The van der Waals surface area contributed by atoms with Gasteiger partial charge in [0, 0.05) is 0 Å². The zero-order valence-electron chi connectivity index (χ0n) is 9.89. The fourth-order valence-electron chi connectivity index (χ4n) is 3.84. The Morgan fingerprint density at radius 1 is 1.31 bits per heavy atom. The van der Waals surface area contributed by atoms with E-state index in [0.717, 1.165) is 6.42 Å². The molecule has 2 aliphatic rings. The summed E-state index contributed by atoms with van der Waals surface area (Å²) in [6.45, 7) is 2.21. The molecule has 0 heterocycles. The molecule has 2 aliphatic carbocycles. The smallest absolute Gasteiger partial charge is 0.0608 e. The van der Waals surface area contributed by atoms with Crippen molar-refractivity contribution >= 4 is 0 Å². The van der Waals surface area contributed by atoms with E-state index in [0.29, 0.717) is 17.8 Å². The maximum Gasteiger partial charge on any atom is 0.0608 e. The first-order valence-corrected chi connectivity index (χ1v) is 6.58. The zero-order valence-corrected chi connectivity index (χ0v) is 9.89. The summed E-state index contributed by atoms with van der Waals surface area (Å²) in [4.78, 5) is 0. The maximum atomic E-state index is 10.2. The Bertz CT molecular complexity index is 385. The average Bonchev–Trinajstić information content (AvgIpc) is 2.47. The van der Waals surface area contributed by atoms with Gasteiger partial charge in [0.05, 0.1) is 6.10 Å². The van der Waals surface area contributed by atoms with Crippen molar-refractivity contribution in [3.63, 3.8) is 0 Å². The SMILES string of the molecule is CCC1C(O)C2CCCc3ccccc3C12. The molecule has 4 atom stereocenters. The topological polar surface area (TPSA) is 20.2 Å². The van der Waals surface area contributed by atoms with Crippen LogP contribution in [0.25, 0.3) is 0 Å². The van der Waals surface area contributed by atoms with Gasteiger partial charge in [-0.2, -0.15) is 0 Å². The van der Waals surface area contributed by atoms with Crippen molar-refractivity contribution in [2.45, 2.75) is 44.6 Å². The predicted octanol–water partition coefficient (Wildman–Crippen LogP) is 3.12. The van der Waals surface area contributed by atoms with Crippen LogP contribution in [0.3, 0.4) is 0 Å². The Morgan fingerprint density at radius 3 is 2.94 bits per heavy atom. The lowest BCUT2D eigenvalue weighted by molar-refractivity contribution is -0.0697. The highest BCUT2D eigenvalue weighted by atomic mass is 16.3. The van der Waals surface area contributed by atoms with E-state index in [4.69, 9.17) is 0 Å². The summed E-state index contributed by atoms with van der Waals surface area (Å²) >= 11 is 0. The van der Waals surface area contributed by atoms with Crippen molar-refractivity contribution in [1.82, 2.24) is 0 Å². The average molecular weight is 216 g/mol. The lowest BCUT2D eigenvalue weighted by Gasteiger charge is -2.49. The Balaban J connectivity index is 2.00.